The number of amides is 1. The summed E-state index contributed by atoms with van der Waals surface area (Å²) in [5, 5.41) is 4.28. The lowest BCUT2D eigenvalue weighted by molar-refractivity contribution is -0.113. The number of benzene rings is 3. The zero-order valence-corrected chi connectivity index (χ0v) is 19.4. The maximum absolute atomic E-state index is 13.3. The number of fused-ring (bicyclic) bond motifs is 1. The average Bonchev–Trinajstić information content (AvgIpc) is 2.84. The van der Waals surface area contributed by atoms with Crippen molar-refractivity contribution in [3.05, 3.63) is 82.1 Å². The predicted octanol–water partition coefficient (Wildman–Crippen LogP) is 4.79. The maximum Gasteiger partial charge on any atom is 0.266 e. The number of rotatable bonds is 7. The Balaban J connectivity index is 1.63. The number of halogens is 1. The molecule has 3 aromatic carbocycles. The molecule has 1 aromatic heterocycles. The van der Waals surface area contributed by atoms with Crippen LogP contribution in [0.2, 0.25) is 5.02 Å². The van der Waals surface area contributed by atoms with Gasteiger partial charge in [0.15, 0.2) is 5.16 Å². The molecule has 168 valence electrons. The van der Waals surface area contributed by atoms with Gasteiger partial charge >= 0.3 is 0 Å². The maximum atomic E-state index is 13.3. The molecule has 0 unspecified atom stereocenters. The van der Waals surface area contributed by atoms with E-state index in [4.69, 9.17) is 21.1 Å². The summed E-state index contributed by atoms with van der Waals surface area (Å²) < 4.78 is 12.0. The number of methoxy groups -OCH3 is 2. The van der Waals surface area contributed by atoms with Crippen LogP contribution in [0, 0.1) is 0 Å². The molecule has 0 atom stereocenters. The molecular formula is C24H20ClN3O4S. The molecule has 0 bridgehead atoms. The van der Waals surface area contributed by atoms with E-state index in [1.807, 2.05) is 6.07 Å². The normalized spacial score (nSPS) is 10.8. The summed E-state index contributed by atoms with van der Waals surface area (Å²) in [4.78, 5) is 30.6. The van der Waals surface area contributed by atoms with Crippen molar-refractivity contribution in [1.29, 1.82) is 0 Å². The van der Waals surface area contributed by atoms with Gasteiger partial charge in [-0.25, -0.2) is 4.98 Å². The van der Waals surface area contributed by atoms with Gasteiger partial charge in [-0.2, -0.15) is 0 Å². The Morgan fingerprint density at radius 2 is 1.82 bits per heavy atom. The molecule has 0 saturated carbocycles. The number of hydrogen-bond acceptors (Lipinski definition) is 6. The van der Waals surface area contributed by atoms with Crippen molar-refractivity contribution in [1.82, 2.24) is 9.55 Å². The minimum absolute atomic E-state index is 0.0353. The fourth-order valence-corrected chi connectivity index (χ4v) is 4.18. The first-order valence-electron chi connectivity index (χ1n) is 9.92. The number of carbonyl (C=O) groups excluding carboxylic acids is 1. The summed E-state index contributed by atoms with van der Waals surface area (Å²) in [5.41, 5.74) is 1.47. The Labute approximate surface area is 199 Å². The Hall–Kier alpha value is -3.49. The lowest BCUT2D eigenvalue weighted by atomic mass is 10.2. The zero-order valence-electron chi connectivity index (χ0n) is 17.9. The minimum atomic E-state index is -0.270. The number of para-hydroxylation sites is 1. The van der Waals surface area contributed by atoms with E-state index in [1.54, 1.807) is 67.8 Å². The number of ether oxygens (including phenoxy) is 2. The fraction of sp³-hybridized carbons (Fsp3) is 0.125. The molecule has 0 fully saturated rings. The largest absolute Gasteiger partial charge is 0.497 e. The molecule has 1 amide bonds. The number of nitrogens with one attached hydrogen (secondary N) is 1. The molecule has 0 aliphatic heterocycles. The van der Waals surface area contributed by atoms with Gasteiger partial charge in [-0.15, -0.1) is 0 Å². The Bertz CT molecular complexity index is 1370. The molecule has 9 heteroatoms. The Morgan fingerprint density at radius 1 is 1.06 bits per heavy atom. The van der Waals surface area contributed by atoms with Crippen molar-refractivity contribution in [2.75, 3.05) is 25.3 Å². The van der Waals surface area contributed by atoms with Crippen molar-refractivity contribution in [3.63, 3.8) is 0 Å². The highest BCUT2D eigenvalue weighted by Crippen LogP contribution is 2.29. The topological polar surface area (TPSA) is 82.5 Å². The first-order valence-corrected chi connectivity index (χ1v) is 11.3. The molecule has 4 rings (SSSR count). The Morgan fingerprint density at radius 3 is 2.55 bits per heavy atom. The number of thioether (sulfide) groups is 1. The summed E-state index contributed by atoms with van der Waals surface area (Å²) >= 11 is 7.18. The van der Waals surface area contributed by atoms with Crippen LogP contribution in [0.3, 0.4) is 0 Å². The third-order valence-corrected chi connectivity index (χ3v) is 6.04. The van der Waals surface area contributed by atoms with Gasteiger partial charge in [-0.05, 0) is 48.5 Å². The smallest absolute Gasteiger partial charge is 0.266 e. The van der Waals surface area contributed by atoms with E-state index in [2.05, 4.69) is 10.3 Å². The van der Waals surface area contributed by atoms with Crippen LogP contribution in [0.15, 0.2) is 76.7 Å². The van der Waals surface area contributed by atoms with Crippen molar-refractivity contribution < 1.29 is 14.3 Å². The first-order chi connectivity index (χ1) is 16.0. The third kappa shape index (κ3) is 4.97. The number of carbonyl (C=O) groups is 1. The molecule has 1 heterocycles. The van der Waals surface area contributed by atoms with Crippen LogP contribution in [0.4, 0.5) is 5.69 Å². The van der Waals surface area contributed by atoms with E-state index in [1.165, 1.54) is 11.7 Å². The van der Waals surface area contributed by atoms with Crippen molar-refractivity contribution >= 4 is 45.9 Å². The van der Waals surface area contributed by atoms with E-state index in [0.29, 0.717) is 44.0 Å². The summed E-state index contributed by atoms with van der Waals surface area (Å²) in [6.45, 7) is 0. The number of nitrogens with zero attached hydrogens (tertiary/aromatic N) is 2. The van der Waals surface area contributed by atoms with Crippen LogP contribution in [-0.2, 0) is 4.79 Å². The minimum Gasteiger partial charge on any atom is -0.497 e. The van der Waals surface area contributed by atoms with Crippen LogP contribution in [0.25, 0.3) is 16.6 Å². The Kier molecular flexibility index (Phi) is 6.86. The highest BCUT2D eigenvalue weighted by atomic mass is 35.5. The highest BCUT2D eigenvalue weighted by molar-refractivity contribution is 7.99. The lowest BCUT2D eigenvalue weighted by Crippen LogP contribution is -2.23. The van der Waals surface area contributed by atoms with E-state index in [9.17, 15) is 9.59 Å². The number of anilines is 1. The summed E-state index contributed by atoms with van der Waals surface area (Å²) in [6, 6.07) is 19.1. The van der Waals surface area contributed by atoms with Gasteiger partial charge in [0.2, 0.25) is 5.91 Å². The van der Waals surface area contributed by atoms with E-state index in [0.717, 1.165) is 11.8 Å². The van der Waals surface area contributed by atoms with Gasteiger partial charge in [-0.1, -0.05) is 35.5 Å². The predicted molar refractivity (Wildman–Crippen MR) is 131 cm³/mol. The SMILES string of the molecule is COc1ccc(NC(=O)CSc2nc3ccccc3c(=O)n2-c2ccc(Cl)cc2)c(OC)c1. The molecule has 0 spiro atoms. The molecule has 0 aliphatic carbocycles. The van der Waals surface area contributed by atoms with Crippen LogP contribution < -0.4 is 20.3 Å². The molecule has 0 aliphatic rings. The van der Waals surface area contributed by atoms with Crippen molar-refractivity contribution in [2.24, 2.45) is 0 Å². The summed E-state index contributed by atoms with van der Waals surface area (Å²) in [7, 11) is 3.07. The monoisotopic (exact) mass is 481 g/mol. The molecule has 7 nitrogen and oxygen atoms in total. The zero-order chi connectivity index (χ0) is 23.4. The second-order valence-corrected chi connectivity index (χ2v) is 8.31. The van der Waals surface area contributed by atoms with E-state index >= 15 is 0 Å². The first kappa shape index (κ1) is 22.7. The summed E-state index contributed by atoms with van der Waals surface area (Å²) in [6.07, 6.45) is 0. The van der Waals surface area contributed by atoms with Gasteiger partial charge < -0.3 is 14.8 Å². The van der Waals surface area contributed by atoms with Gasteiger partial charge in [0.05, 0.1) is 42.3 Å². The molecular weight excluding hydrogens is 462 g/mol. The quantitative estimate of drug-likeness (QED) is 0.302. The number of hydrogen-bond donors (Lipinski definition) is 1. The second kappa shape index (κ2) is 9.97. The van der Waals surface area contributed by atoms with E-state index < -0.39 is 0 Å². The third-order valence-electron chi connectivity index (χ3n) is 4.84. The standard InChI is InChI=1S/C24H20ClN3O4S/c1-31-17-11-12-20(21(13-17)32-2)26-22(29)14-33-24-27-19-6-4-3-5-18(19)23(30)28(24)16-9-7-15(25)8-10-16/h3-13H,14H2,1-2H3,(H,26,29). The van der Waals surface area contributed by atoms with Gasteiger partial charge in [-0.3, -0.25) is 14.2 Å². The molecule has 0 saturated heterocycles. The van der Waals surface area contributed by atoms with Crippen LogP contribution in [-0.4, -0.2) is 35.4 Å². The van der Waals surface area contributed by atoms with Gasteiger partial charge in [0, 0.05) is 11.1 Å². The summed E-state index contributed by atoms with van der Waals surface area (Å²) in [5.74, 6) is 0.864. The van der Waals surface area contributed by atoms with Crippen LogP contribution in [0.5, 0.6) is 11.5 Å². The van der Waals surface area contributed by atoms with Gasteiger partial charge in [0.1, 0.15) is 11.5 Å². The van der Waals surface area contributed by atoms with E-state index in [-0.39, 0.29) is 17.2 Å². The molecule has 1 N–H and O–H groups in total. The lowest BCUT2D eigenvalue weighted by Gasteiger charge is -2.14. The molecule has 0 radical (unpaired) electrons. The highest BCUT2D eigenvalue weighted by Gasteiger charge is 2.16. The fourth-order valence-electron chi connectivity index (χ4n) is 3.25. The molecule has 33 heavy (non-hydrogen) atoms. The van der Waals surface area contributed by atoms with Crippen LogP contribution >= 0.6 is 23.4 Å². The number of aromatic nitrogens is 2. The second-order valence-electron chi connectivity index (χ2n) is 6.93. The van der Waals surface area contributed by atoms with Crippen LogP contribution in [0.1, 0.15) is 0 Å². The molecule has 4 aromatic rings. The van der Waals surface area contributed by atoms with Crippen molar-refractivity contribution in [3.8, 4) is 17.2 Å². The van der Waals surface area contributed by atoms with Gasteiger partial charge in [0.25, 0.3) is 5.56 Å². The van der Waals surface area contributed by atoms with Crippen molar-refractivity contribution in [2.45, 2.75) is 5.16 Å². The average molecular weight is 482 g/mol.